The smallest absolute Gasteiger partial charge is 0.326 e. The van der Waals surface area contributed by atoms with Gasteiger partial charge in [-0.15, -0.1) is 0 Å². The number of hydrogen-bond donors (Lipinski definition) is 2. The molecule has 0 saturated heterocycles. The molecule has 18 heavy (non-hydrogen) atoms. The van der Waals surface area contributed by atoms with Crippen molar-refractivity contribution < 1.29 is 19.1 Å². The first-order valence-corrected chi connectivity index (χ1v) is 5.89. The summed E-state index contributed by atoms with van der Waals surface area (Å²) in [7, 11) is 0. The van der Waals surface area contributed by atoms with Crippen LogP contribution in [0.3, 0.4) is 0 Å². The Hall–Kier alpha value is -1.98. The molecular formula is C12H18N2O4. The molecule has 1 rings (SSSR count). The summed E-state index contributed by atoms with van der Waals surface area (Å²) in [6.07, 6.45) is 1.88. The highest BCUT2D eigenvalue weighted by Crippen LogP contribution is 2.06. The number of amides is 2. The summed E-state index contributed by atoms with van der Waals surface area (Å²) in [6.45, 7) is 4.33. The van der Waals surface area contributed by atoms with Crippen LogP contribution in [-0.4, -0.2) is 34.6 Å². The Balaban J connectivity index is 2.59. The van der Waals surface area contributed by atoms with Crippen molar-refractivity contribution in [2.75, 3.05) is 6.54 Å². The minimum Gasteiger partial charge on any atom is -0.480 e. The minimum atomic E-state index is -1.03. The van der Waals surface area contributed by atoms with E-state index in [0.717, 1.165) is 0 Å². The predicted molar refractivity (Wildman–Crippen MR) is 65.0 cm³/mol. The highest BCUT2D eigenvalue weighted by Gasteiger charge is 2.21. The number of hydrogen-bond acceptors (Lipinski definition) is 3. The maximum Gasteiger partial charge on any atom is 0.326 e. The van der Waals surface area contributed by atoms with Gasteiger partial charge in [-0.25, -0.2) is 9.59 Å². The largest absolute Gasteiger partial charge is 0.480 e. The van der Waals surface area contributed by atoms with Gasteiger partial charge in [-0.3, -0.25) is 0 Å². The van der Waals surface area contributed by atoms with Gasteiger partial charge in [-0.05, 0) is 25.5 Å². The zero-order chi connectivity index (χ0) is 13.5. The van der Waals surface area contributed by atoms with Crippen LogP contribution >= 0.6 is 0 Å². The third-order valence-corrected chi connectivity index (χ3v) is 2.60. The van der Waals surface area contributed by atoms with E-state index >= 15 is 0 Å². The second kappa shape index (κ2) is 6.68. The lowest BCUT2D eigenvalue weighted by atomic mass is 10.2. The van der Waals surface area contributed by atoms with Gasteiger partial charge in [0.15, 0.2) is 0 Å². The molecule has 0 bridgehead atoms. The molecule has 0 fully saturated rings. The van der Waals surface area contributed by atoms with Crippen LogP contribution in [0.5, 0.6) is 0 Å². The molecule has 2 amide bonds. The molecule has 1 aromatic rings. The second-order valence-corrected chi connectivity index (χ2v) is 3.84. The molecule has 6 nitrogen and oxygen atoms in total. The van der Waals surface area contributed by atoms with Crippen molar-refractivity contribution in [2.45, 2.75) is 32.9 Å². The van der Waals surface area contributed by atoms with E-state index in [1.54, 1.807) is 19.1 Å². The van der Waals surface area contributed by atoms with E-state index < -0.39 is 18.0 Å². The van der Waals surface area contributed by atoms with Gasteiger partial charge < -0.3 is 19.7 Å². The maximum atomic E-state index is 11.9. The van der Waals surface area contributed by atoms with Crippen molar-refractivity contribution in [3.63, 3.8) is 0 Å². The zero-order valence-corrected chi connectivity index (χ0v) is 10.5. The molecule has 6 heteroatoms. The number of nitrogens with zero attached hydrogens (tertiary/aromatic N) is 1. The van der Waals surface area contributed by atoms with Gasteiger partial charge in [0.05, 0.1) is 12.8 Å². The summed E-state index contributed by atoms with van der Waals surface area (Å²) in [5.41, 5.74) is 0. The topological polar surface area (TPSA) is 82.8 Å². The summed E-state index contributed by atoms with van der Waals surface area (Å²) < 4.78 is 5.16. The van der Waals surface area contributed by atoms with Gasteiger partial charge in [0.1, 0.15) is 11.8 Å². The second-order valence-electron chi connectivity index (χ2n) is 3.84. The molecule has 0 aliphatic heterocycles. The van der Waals surface area contributed by atoms with Gasteiger partial charge in [0, 0.05) is 6.54 Å². The summed E-state index contributed by atoms with van der Waals surface area (Å²) >= 11 is 0. The number of carbonyl (C=O) groups excluding carboxylic acids is 1. The standard InChI is InChI=1S/C12H18N2O4/c1-3-10(11(15)16)13-12(17)14(4-2)8-9-6-5-7-18-9/h5-7,10H,3-4,8H2,1-2H3,(H,13,17)(H,15,16)/t10-/m0/s1. The molecule has 0 saturated carbocycles. The number of carboxylic acid groups (broad SMARTS) is 1. The van der Waals surface area contributed by atoms with E-state index in [1.165, 1.54) is 11.2 Å². The predicted octanol–water partition coefficient (Wildman–Crippen LogP) is 1.67. The fourth-order valence-corrected chi connectivity index (χ4v) is 1.50. The van der Waals surface area contributed by atoms with Crippen molar-refractivity contribution in [3.05, 3.63) is 24.2 Å². The molecule has 0 radical (unpaired) electrons. The number of aliphatic carboxylic acids is 1. The van der Waals surface area contributed by atoms with Crippen LogP contribution in [0.15, 0.2) is 22.8 Å². The van der Waals surface area contributed by atoms with Crippen LogP contribution < -0.4 is 5.32 Å². The number of carboxylic acids is 1. The highest BCUT2D eigenvalue weighted by molar-refractivity contribution is 5.82. The summed E-state index contributed by atoms with van der Waals surface area (Å²) in [5, 5.41) is 11.4. The Morgan fingerprint density at radius 1 is 1.50 bits per heavy atom. The number of carbonyl (C=O) groups is 2. The van der Waals surface area contributed by atoms with Crippen molar-refractivity contribution in [2.24, 2.45) is 0 Å². The first-order valence-electron chi connectivity index (χ1n) is 5.89. The van der Waals surface area contributed by atoms with E-state index in [0.29, 0.717) is 25.3 Å². The molecular weight excluding hydrogens is 236 g/mol. The number of urea groups is 1. The van der Waals surface area contributed by atoms with Gasteiger partial charge in [-0.1, -0.05) is 6.92 Å². The van der Waals surface area contributed by atoms with Crippen LogP contribution in [0.1, 0.15) is 26.0 Å². The lowest BCUT2D eigenvalue weighted by Gasteiger charge is -2.22. The number of furan rings is 1. The lowest BCUT2D eigenvalue weighted by molar-refractivity contribution is -0.139. The van der Waals surface area contributed by atoms with Gasteiger partial charge in [0.25, 0.3) is 0 Å². The third-order valence-electron chi connectivity index (χ3n) is 2.60. The summed E-state index contributed by atoms with van der Waals surface area (Å²) in [6, 6.07) is 2.25. The van der Waals surface area contributed by atoms with E-state index in [2.05, 4.69) is 5.32 Å². The normalized spacial score (nSPS) is 11.9. The molecule has 0 unspecified atom stereocenters. The molecule has 0 spiro atoms. The van der Waals surface area contributed by atoms with Gasteiger partial charge >= 0.3 is 12.0 Å². The monoisotopic (exact) mass is 254 g/mol. The molecule has 0 aliphatic rings. The maximum absolute atomic E-state index is 11.9. The van der Waals surface area contributed by atoms with Gasteiger partial charge in [-0.2, -0.15) is 0 Å². The fourth-order valence-electron chi connectivity index (χ4n) is 1.50. The minimum absolute atomic E-state index is 0.325. The highest BCUT2D eigenvalue weighted by atomic mass is 16.4. The Labute approximate surface area is 106 Å². The Morgan fingerprint density at radius 3 is 2.67 bits per heavy atom. The molecule has 0 aromatic carbocycles. The fraction of sp³-hybridized carbons (Fsp3) is 0.500. The van der Waals surface area contributed by atoms with E-state index in [1.807, 2.05) is 6.92 Å². The molecule has 1 atom stereocenters. The molecule has 1 heterocycles. The Kier molecular flexibility index (Phi) is 5.23. The van der Waals surface area contributed by atoms with Gasteiger partial charge in [0.2, 0.25) is 0 Å². The first-order chi connectivity index (χ1) is 8.58. The Morgan fingerprint density at radius 2 is 2.22 bits per heavy atom. The van der Waals surface area contributed by atoms with Crippen molar-refractivity contribution in [3.8, 4) is 0 Å². The Bertz CT molecular complexity index is 389. The lowest BCUT2D eigenvalue weighted by Crippen LogP contribution is -2.47. The van der Waals surface area contributed by atoms with Crippen molar-refractivity contribution in [1.29, 1.82) is 0 Å². The van der Waals surface area contributed by atoms with E-state index in [9.17, 15) is 9.59 Å². The molecule has 0 aliphatic carbocycles. The molecule has 100 valence electrons. The SMILES string of the molecule is CC[C@H](NC(=O)N(CC)Cc1ccco1)C(=O)O. The van der Waals surface area contributed by atoms with Crippen LogP contribution in [0.2, 0.25) is 0 Å². The van der Waals surface area contributed by atoms with Crippen LogP contribution in [0, 0.1) is 0 Å². The first kappa shape index (κ1) is 14.1. The number of rotatable bonds is 6. The molecule has 2 N–H and O–H groups in total. The summed E-state index contributed by atoms with van der Waals surface area (Å²) in [5.74, 6) is -0.365. The van der Waals surface area contributed by atoms with Crippen LogP contribution in [0.4, 0.5) is 4.79 Å². The average Bonchev–Trinajstić information content (AvgIpc) is 2.85. The zero-order valence-electron chi connectivity index (χ0n) is 10.5. The summed E-state index contributed by atoms with van der Waals surface area (Å²) in [4.78, 5) is 24.2. The van der Waals surface area contributed by atoms with Crippen molar-refractivity contribution >= 4 is 12.0 Å². The average molecular weight is 254 g/mol. The van der Waals surface area contributed by atoms with E-state index in [-0.39, 0.29) is 0 Å². The quantitative estimate of drug-likeness (QED) is 0.809. The van der Waals surface area contributed by atoms with Crippen LogP contribution in [0.25, 0.3) is 0 Å². The van der Waals surface area contributed by atoms with E-state index in [4.69, 9.17) is 9.52 Å². The molecule has 1 aromatic heterocycles. The van der Waals surface area contributed by atoms with Crippen molar-refractivity contribution in [1.82, 2.24) is 10.2 Å². The van der Waals surface area contributed by atoms with Crippen LogP contribution in [-0.2, 0) is 11.3 Å². The third kappa shape index (κ3) is 3.80. The number of nitrogens with one attached hydrogen (secondary N) is 1.